The van der Waals surface area contributed by atoms with E-state index in [2.05, 4.69) is 36.4 Å². The molecule has 1 saturated heterocycles. The van der Waals surface area contributed by atoms with Crippen LogP contribution in [0.5, 0.6) is 0 Å². The molecule has 268 valence electrons. The number of Topliss-reactive ketones (excluding diaryl/α,β-unsaturated/α-hetero) is 1. The largest absolute Gasteiger partial charge is 0.460 e. The molecule has 1 aliphatic carbocycles. The molecule has 12 nitrogen and oxygen atoms in total. The predicted molar refractivity (Wildman–Crippen MR) is 180 cm³/mol. The number of hydrogen-bond donors (Lipinski definition) is 3. The van der Waals surface area contributed by atoms with Gasteiger partial charge in [-0.2, -0.15) is 0 Å². The molecule has 0 aromatic rings. The lowest BCUT2D eigenvalue weighted by atomic mass is 9.83. The van der Waals surface area contributed by atoms with Crippen LogP contribution in [-0.4, -0.2) is 82.9 Å². The number of likely N-dealkylation sites (tertiary alicyclic amines) is 1. The number of carbonyl (C=O) groups is 6. The van der Waals surface area contributed by atoms with Gasteiger partial charge in [-0.05, 0) is 86.0 Å². The van der Waals surface area contributed by atoms with Crippen molar-refractivity contribution in [2.24, 2.45) is 5.92 Å². The van der Waals surface area contributed by atoms with Crippen LogP contribution in [0.25, 0.3) is 0 Å². The van der Waals surface area contributed by atoms with Gasteiger partial charge in [-0.15, -0.1) is 6.58 Å². The summed E-state index contributed by atoms with van der Waals surface area (Å²) < 4.78 is 10.6. The number of esters is 1. The average molecular weight is 665 g/mol. The van der Waals surface area contributed by atoms with Crippen molar-refractivity contribution in [1.29, 1.82) is 0 Å². The Balaban J connectivity index is 0.00000354. The van der Waals surface area contributed by atoms with Gasteiger partial charge in [0.15, 0.2) is 0 Å². The van der Waals surface area contributed by atoms with Crippen LogP contribution in [0.1, 0.15) is 126 Å². The normalized spacial score (nSPS) is 18.0. The highest BCUT2D eigenvalue weighted by Crippen LogP contribution is 2.29. The van der Waals surface area contributed by atoms with Crippen molar-refractivity contribution in [2.75, 3.05) is 13.1 Å². The summed E-state index contributed by atoms with van der Waals surface area (Å²) in [6, 6.07) is -2.84. The number of amides is 4. The van der Waals surface area contributed by atoms with E-state index in [9.17, 15) is 28.8 Å². The third-order valence-corrected chi connectivity index (χ3v) is 7.45. The van der Waals surface area contributed by atoms with Crippen LogP contribution >= 0.6 is 0 Å². The van der Waals surface area contributed by atoms with E-state index in [1.165, 1.54) is 11.3 Å². The minimum absolute atomic E-state index is 0.0839. The lowest BCUT2D eigenvalue weighted by Crippen LogP contribution is -2.58. The fraction of sp³-hybridized carbons (Fsp3) is 0.771. The van der Waals surface area contributed by atoms with Crippen molar-refractivity contribution in [3.05, 3.63) is 12.7 Å². The fourth-order valence-corrected chi connectivity index (χ4v) is 5.50. The van der Waals surface area contributed by atoms with Crippen LogP contribution < -0.4 is 16.0 Å². The molecule has 2 fully saturated rings. The third kappa shape index (κ3) is 15.8. The zero-order chi connectivity index (χ0) is 35.8. The summed E-state index contributed by atoms with van der Waals surface area (Å²) in [6.07, 6.45) is 7.99. The Kier molecular flexibility index (Phi) is 17.7. The molecular weight excluding hydrogens is 604 g/mol. The van der Waals surface area contributed by atoms with Gasteiger partial charge in [-0.3, -0.25) is 24.0 Å². The quantitative estimate of drug-likeness (QED) is 0.145. The smallest absolute Gasteiger partial charge is 0.408 e. The lowest BCUT2D eigenvalue weighted by molar-refractivity contribution is -0.154. The summed E-state index contributed by atoms with van der Waals surface area (Å²) in [5, 5.41) is 7.90. The Bertz CT molecular complexity index is 1070. The van der Waals surface area contributed by atoms with Crippen LogP contribution in [0.3, 0.4) is 0 Å². The van der Waals surface area contributed by atoms with Crippen LogP contribution in [0.4, 0.5) is 4.79 Å². The number of ether oxygens (including phenoxy) is 2. The SMILES string of the molecule is C=CCCC(NC(=O)[C@@H]1CCCN1C(=O)[C@@H](NC(=O)OC(C)(C)C)C1CCCCC1)C(=O)C(=O)NCCC(=O)OC(C)(C)C.CCC. The molecule has 1 saturated carbocycles. The van der Waals surface area contributed by atoms with Crippen LogP contribution in [-0.2, 0) is 33.4 Å². The molecule has 3 N–H and O–H groups in total. The van der Waals surface area contributed by atoms with Crippen molar-refractivity contribution >= 4 is 35.6 Å². The Morgan fingerprint density at radius 1 is 0.872 bits per heavy atom. The molecule has 0 spiro atoms. The number of ketones is 1. The standard InChI is InChI=1S/C32H52N4O8.C3H8/c1-8-9-16-22(26(38)28(40)33-19-18-24(37)43-31(2,3)4)34-27(39)23-17-13-20-36(23)29(41)25(21-14-11-10-12-15-21)35-30(42)44-32(5,6)7;1-3-2/h8,21-23,25H,1,9-20H2,2-7H3,(H,33,40)(H,34,39)(H,35,42);3H2,1-2H3/t22?,23-,25-;/m0./s1. The van der Waals surface area contributed by atoms with Crippen LogP contribution in [0, 0.1) is 5.92 Å². The molecule has 4 amide bonds. The number of hydrogen-bond acceptors (Lipinski definition) is 8. The molecule has 12 heteroatoms. The van der Waals surface area contributed by atoms with Gasteiger partial charge in [0, 0.05) is 13.1 Å². The zero-order valence-electron chi connectivity index (χ0n) is 30.0. The summed E-state index contributed by atoms with van der Waals surface area (Å²) in [7, 11) is 0. The van der Waals surface area contributed by atoms with E-state index in [0.29, 0.717) is 25.8 Å². The highest BCUT2D eigenvalue weighted by Gasteiger charge is 2.42. The summed E-state index contributed by atoms with van der Waals surface area (Å²) in [5.41, 5.74) is -1.41. The average Bonchev–Trinajstić information content (AvgIpc) is 3.46. The van der Waals surface area contributed by atoms with Gasteiger partial charge in [-0.25, -0.2) is 4.79 Å². The Labute approximate surface area is 281 Å². The van der Waals surface area contributed by atoms with E-state index in [4.69, 9.17) is 9.47 Å². The van der Waals surface area contributed by atoms with E-state index in [1.54, 1.807) is 47.6 Å². The number of nitrogens with one attached hydrogen (secondary N) is 3. The lowest BCUT2D eigenvalue weighted by Gasteiger charge is -2.35. The minimum Gasteiger partial charge on any atom is -0.460 e. The monoisotopic (exact) mass is 664 g/mol. The Hall–Kier alpha value is -3.44. The molecule has 3 atom stereocenters. The van der Waals surface area contributed by atoms with Crippen molar-refractivity contribution in [2.45, 2.75) is 155 Å². The molecule has 0 aromatic heterocycles. The first-order valence-corrected chi connectivity index (χ1v) is 17.2. The van der Waals surface area contributed by atoms with E-state index in [-0.39, 0.29) is 31.2 Å². The van der Waals surface area contributed by atoms with Crippen molar-refractivity contribution in [1.82, 2.24) is 20.9 Å². The summed E-state index contributed by atoms with van der Waals surface area (Å²) >= 11 is 0. The molecule has 2 rings (SSSR count). The van der Waals surface area contributed by atoms with Crippen molar-refractivity contribution in [3.8, 4) is 0 Å². The maximum atomic E-state index is 13.9. The topological polar surface area (TPSA) is 160 Å². The van der Waals surface area contributed by atoms with Gasteiger partial charge >= 0.3 is 12.1 Å². The number of rotatable bonds is 13. The van der Waals surface area contributed by atoms with Crippen molar-refractivity contribution in [3.63, 3.8) is 0 Å². The molecule has 1 unspecified atom stereocenters. The molecular formula is C35H60N4O8. The Morgan fingerprint density at radius 3 is 2.02 bits per heavy atom. The molecule has 2 aliphatic rings. The van der Waals surface area contributed by atoms with Gasteiger partial charge in [0.05, 0.1) is 12.5 Å². The first-order valence-electron chi connectivity index (χ1n) is 17.2. The first-order chi connectivity index (χ1) is 21.9. The van der Waals surface area contributed by atoms with Gasteiger partial charge in [0.25, 0.3) is 5.91 Å². The van der Waals surface area contributed by atoms with Gasteiger partial charge in [0.1, 0.15) is 23.3 Å². The molecule has 0 aromatic carbocycles. The Morgan fingerprint density at radius 2 is 1.47 bits per heavy atom. The summed E-state index contributed by atoms with van der Waals surface area (Å²) in [4.78, 5) is 79.3. The maximum Gasteiger partial charge on any atom is 0.408 e. The molecule has 47 heavy (non-hydrogen) atoms. The second-order valence-corrected chi connectivity index (χ2v) is 14.3. The first kappa shape index (κ1) is 41.6. The maximum absolute atomic E-state index is 13.9. The highest BCUT2D eigenvalue weighted by molar-refractivity contribution is 6.38. The molecule has 1 aliphatic heterocycles. The van der Waals surface area contributed by atoms with E-state index in [1.807, 2.05) is 0 Å². The number of allylic oxidation sites excluding steroid dienone is 1. The molecule has 0 bridgehead atoms. The number of carbonyl (C=O) groups excluding carboxylic acids is 6. The fourth-order valence-electron chi connectivity index (χ4n) is 5.50. The van der Waals surface area contributed by atoms with Gasteiger partial charge in [0.2, 0.25) is 17.6 Å². The highest BCUT2D eigenvalue weighted by atomic mass is 16.6. The van der Waals surface area contributed by atoms with E-state index < -0.39 is 59.0 Å². The van der Waals surface area contributed by atoms with E-state index in [0.717, 1.165) is 32.1 Å². The number of alkyl carbamates (subject to hydrolysis) is 1. The second-order valence-electron chi connectivity index (χ2n) is 14.3. The van der Waals surface area contributed by atoms with Crippen LogP contribution in [0.15, 0.2) is 12.7 Å². The minimum atomic E-state index is -1.14. The number of nitrogens with zero attached hydrogens (tertiary/aromatic N) is 1. The third-order valence-electron chi connectivity index (χ3n) is 7.45. The van der Waals surface area contributed by atoms with Gasteiger partial charge in [-0.1, -0.05) is 45.6 Å². The molecule has 0 radical (unpaired) electrons. The predicted octanol–water partition coefficient (Wildman–Crippen LogP) is 4.74. The van der Waals surface area contributed by atoms with E-state index >= 15 is 0 Å². The van der Waals surface area contributed by atoms with Gasteiger partial charge < -0.3 is 30.3 Å². The van der Waals surface area contributed by atoms with Crippen LogP contribution in [0.2, 0.25) is 0 Å². The van der Waals surface area contributed by atoms with Crippen molar-refractivity contribution < 1.29 is 38.2 Å². The molecule has 1 heterocycles. The zero-order valence-corrected chi connectivity index (χ0v) is 30.0. The summed E-state index contributed by atoms with van der Waals surface area (Å²) in [6.45, 7) is 18.6. The summed E-state index contributed by atoms with van der Waals surface area (Å²) in [5.74, 6) is -3.28. The second kappa shape index (κ2) is 20.0.